The Balaban J connectivity index is 3.00. The van der Waals surface area contributed by atoms with Gasteiger partial charge in [0, 0.05) is 0 Å². The Hall–Kier alpha value is -3.42. The van der Waals surface area contributed by atoms with Crippen LogP contribution in [-0.2, 0) is 28.5 Å². The molecule has 28 heavy (non-hydrogen) atoms. The number of carbonyl (C=O) groups is 4. The van der Waals surface area contributed by atoms with Crippen molar-refractivity contribution in [2.24, 2.45) is 0 Å². The molecule has 1 aromatic carbocycles. The quantitative estimate of drug-likeness (QED) is 0.316. The second-order valence-electron chi connectivity index (χ2n) is 5.71. The van der Waals surface area contributed by atoms with Gasteiger partial charge in [-0.2, -0.15) is 0 Å². The molecule has 0 aromatic heterocycles. The molecule has 0 aliphatic rings. The molecule has 0 bridgehead atoms. The van der Waals surface area contributed by atoms with Crippen LogP contribution in [-0.4, -0.2) is 38.1 Å². The minimum absolute atomic E-state index is 0.0808. The summed E-state index contributed by atoms with van der Waals surface area (Å²) < 4.78 is 19.4. The first-order chi connectivity index (χ1) is 13.1. The Morgan fingerprint density at radius 2 is 1.04 bits per heavy atom. The van der Waals surface area contributed by atoms with Gasteiger partial charge >= 0.3 is 23.9 Å². The number of esters is 4. The summed E-state index contributed by atoms with van der Waals surface area (Å²) in [6.07, 6.45) is 0. The maximum Gasteiger partial charge on any atom is 0.343 e. The SMILES string of the molecule is COC(=O)C(C)=C(C)OC(=O)c1cccc(C(=O)OC(C)=C(C)C(=O)OC)c1. The third-order valence-corrected chi connectivity index (χ3v) is 3.86. The van der Waals surface area contributed by atoms with Gasteiger partial charge in [-0.3, -0.25) is 0 Å². The molecule has 0 spiro atoms. The summed E-state index contributed by atoms with van der Waals surface area (Å²) in [5.41, 5.74) is 0.450. The van der Waals surface area contributed by atoms with Gasteiger partial charge in [0.2, 0.25) is 0 Å². The van der Waals surface area contributed by atoms with Crippen molar-refractivity contribution in [2.75, 3.05) is 14.2 Å². The Morgan fingerprint density at radius 1 is 0.679 bits per heavy atom. The molecular formula is C20H22O8. The van der Waals surface area contributed by atoms with Gasteiger partial charge in [-0.1, -0.05) is 6.07 Å². The molecule has 0 aliphatic carbocycles. The average Bonchev–Trinajstić information content (AvgIpc) is 2.70. The highest BCUT2D eigenvalue weighted by Gasteiger charge is 2.18. The molecule has 8 heteroatoms. The van der Waals surface area contributed by atoms with Crippen molar-refractivity contribution in [3.05, 3.63) is 58.1 Å². The van der Waals surface area contributed by atoms with Crippen LogP contribution in [0.3, 0.4) is 0 Å². The van der Waals surface area contributed by atoms with Gasteiger partial charge in [0.1, 0.15) is 11.5 Å². The largest absolute Gasteiger partial charge is 0.466 e. The topological polar surface area (TPSA) is 105 Å². The van der Waals surface area contributed by atoms with E-state index in [4.69, 9.17) is 9.47 Å². The van der Waals surface area contributed by atoms with Gasteiger partial charge in [-0.25, -0.2) is 19.2 Å². The molecule has 0 unspecified atom stereocenters. The van der Waals surface area contributed by atoms with E-state index in [2.05, 4.69) is 9.47 Å². The first-order valence-corrected chi connectivity index (χ1v) is 8.18. The van der Waals surface area contributed by atoms with Crippen LogP contribution in [0.2, 0.25) is 0 Å². The van der Waals surface area contributed by atoms with E-state index in [1.807, 2.05) is 0 Å². The zero-order valence-corrected chi connectivity index (χ0v) is 16.6. The summed E-state index contributed by atoms with van der Waals surface area (Å²) in [6, 6.07) is 5.66. The lowest BCUT2D eigenvalue weighted by Crippen LogP contribution is -2.12. The predicted molar refractivity (Wildman–Crippen MR) is 98.1 cm³/mol. The van der Waals surface area contributed by atoms with Crippen LogP contribution >= 0.6 is 0 Å². The Labute approximate surface area is 162 Å². The van der Waals surface area contributed by atoms with Crippen LogP contribution in [0.5, 0.6) is 0 Å². The minimum atomic E-state index is -0.756. The Bertz CT molecular complexity index is 793. The number of methoxy groups -OCH3 is 2. The lowest BCUT2D eigenvalue weighted by molar-refractivity contribution is -0.137. The molecule has 1 rings (SSSR count). The number of hydrogen-bond acceptors (Lipinski definition) is 8. The summed E-state index contributed by atoms with van der Waals surface area (Å²) in [4.78, 5) is 47.5. The zero-order valence-electron chi connectivity index (χ0n) is 16.6. The fourth-order valence-corrected chi connectivity index (χ4v) is 1.92. The number of ether oxygens (including phenoxy) is 4. The van der Waals surface area contributed by atoms with Crippen LogP contribution in [0.4, 0.5) is 0 Å². The highest BCUT2D eigenvalue weighted by molar-refractivity contribution is 5.97. The standard InChI is InChI=1S/C20H22O8/c1-11(17(21)25-5)13(3)27-19(23)15-8-7-9-16(10-15)20(24)28-14(4)12(2)18(22)26-6/h7-10H,1-6H3. The van der Waals surface area contributed by atoms with Crippen molar-refractivity contribution in [3.8, 4) is 0 Å². The van der Waals surface area contributed by atoms with Crippen LogP contribution < -0.4 is 0 Å². The lowest BCUT2D eigenvalue weighted by Gasteiger charge is -2.10. The molecular weight excluding hydrogens is 368 g/mol. The molecule has 0 fully saturated rings. The van der Waals surface area contributed by atoms with Gasteiger partial charge in [0.05, 0.1) is 36.5 Å². The maximum absolute atomic E-state index is 12.3. The normalized spacial score (nSPS) is 12.2. The Morgan fingerprint density at radius 3 is 1.36 bits per heavy atom. The molecule has 0 aliphatic heterocycles. The molecule has 0 radical (unpaired) electrons. The van der Waals surface area contributed by atoms with Crippen LogP contribution in [0.1, 0.15) is 48.4 Å². The molecule has 0 saturated carbocycles. The minimum Gasteiger partial charge on any atom is -0.466 e. The second kappa shape index (κ2) is 10.1. The monoisotopic (exact) mass is 390 g/mol. The summed E-state index contributed by atoms with van der Waals surface area (Å²) in [5, 5.41) is 0. The molecule has 0 N–H and O–H groups in total. The molecule has 0 heterocycles. The van der Waals surface area contributed by atoms with E-state index in [1.165, 1.54) is 66.2 Å². The van der Waals surface area contributed by atoms with E-state index in [0.29, 0.717) is 0 Å². The van der Waals surface area contributed by atoms with E-state index in [0.717, 1.165) is 0 Å². The van der Waals surface area contributed by atoms with E-state index < -0.39 is 23.9 Å². The van der Waals surface area contributed by atoms with Crippen molar-refractivity contribution >= 4 is 23.9 Å². The summed E-state index contributed by atoms with van der Waals surface area (Å²) in [6.45, 7) is 5.82. The third kappa shape index (κ3) is 5.80. The zero-order chi connectivity index (χ0) is 21.4. The van der Waals surface area contributed by atoms with Crippen molar-refractivity contribution in [2.45, 2.75) is 27.7 Å². The number of allylic oxidation sites excluding steroid dienone is 2. The van der Waals surface area contributed by atoms with Crippen LogP contribution in [0.25, 0.3) is 0 Å². The highest BCUT2D eigenvalue weighted by Crippen LogP contribution is 2.15. The summed E-state index contributed by atoms with van der Waals surface area (Å²) >= 11 is 0. The van der Waals surface area contributed by atoms with Crippen molar-refractivity contribution in [1.29, 1.82) is 0 Å². The number of carbonyl (C=O) groups excluding carboxylic acids is 4. The number of hydrogen-bond donors (Lipinski definition) is 0. The lowest BCUT2D eigenvalue weighted by atomic mass is 10.1. The first-order valence-electron chi connectivity index (χ1n) is 8.18. The smallest absolute Gasteiger partial charge is 0.343 e. The van der Waals surface area contributed by atoms with Crippen LogP contribution in [0.15, 0.2) is 46.9 Å². The second-order valence-corrected chi connectivity index (χ2v) is 5.71. The average molecular weight is 390 g/mol. The molecule has 0 amide bonds. The summed E-state index contributed by atoms with van der Waals surface area (Å²) in [5.74, 6) is -2.59. The van der Waals surface area contributed by atoms with Crippen LogP contribution in [0, 0.1) is 0 Å². The first kappa shape index (κ1) is 22.6. The highest BCUT2D eigenvalue weighted by atomic mass is 16.6. The molecule has 0 saturated heterocycles. The van der Waals surface area contributed by atoms with Gasteiger partial charge < -0.3 is 18.9 Å². The van der Waals surface area contributed by atoms with Gasteiger partial charge in [0.15, 0.2) is 0 Å². The number of benzene rings is 1. The van der Waals surface area contributed by atoms with Gasteiger partial charge in [0.25, 0.3) is 0 Å². The van der Waals surface area contributed by atoms with E-state index in [-0.39, 0.29) is 33.8 Å². The predicted octanol–water partition coefficient (Wildman–Crippen LogP) is 2.93. The fraction of sp³-hybridized carbons (Fsp3) is 0.300. The van der Waals surface area contributed by atoms with E-state index >= 15 is 0 Å². The fourth-order valence-electron chi connectivity index (χ4n) is 1.92. The van der Waals surface area contributed by atoms with Gasteiger partial charge in [-0.05, 0) is 45.9 Å². The third-order valence-electron chi connectivity index (χ3n) is 3.86. The Kier molecular flexibility index (Phi) is 8.12. The van der Waals surface area contributed by atoms with Gasteiger partial charge in [-0.15, -0.1) is 0 Å². The maximum atomic E-state index is 12.3. The number of rotatable bonds is 6. The van der Waals surface area contributed by atoms with E-state index in [1.54, 1.807) is 0 Å². The molecule has 150 valence electrons. The molecule has 0 atom stereocenters. The molecule has 8 nitrogen and oxygen atoms in total. The van der Waals surface area contributed by atoms with E-state index in [9.17, 15) is 19.2 Å². The molecule has 1 aromatic rings. The van der Waals surface area contributed by atoms with Crippen molar-refractivity contribution < 1.29 is 38.1 Å². The van der Waals surface area contributed by atoms with Crippen molar-refractivity contribution in [3.63, 3.8) is 0 Å². The van der Waals surface area contributed by atoms with Crippen molar-refractivity contribution in [1.82, 2.24) is 0 Å². The summed E-state index contributed by atoms with van der Waals surface area (Å²) in [7, 11) is 2.43.